The van der Waals surface area contributed by atoms with Crippen molar-refractivity contribution in [1.29, 1.82) is 5.26 Å². The molecule has 0 fully saturated rings. The predicted molar refractivity (Wildman–Crippen MR) is 95.1 cm³/mol. The Morgan fingerprint density at radius 1 is 1.42 bits per heavy atom. The smallest absolute Gasteiger partial charge is 0.256 e. The average Bonchev–Trinajstić information content (AvgIpc) is 2.60. The zero-order chi connectivity index (χ0) is 18.2. The number of nitriles is 1. The van der Waals surface area contributed by atoms with Crippen LogP contribution in [0.3, 0.4) is 0 Å². The first kappa shape index (κ1) is 20.0. The van der Waals surface area contributed by atoms with Crippen molar-refractivity contribution in [1.82, 2.24) is 0 Å². The van der Waals surface area contributed by atoms with Crippen molar-refractivity contribution in [2.75, 3.05) is 12.4 Å². The van der Waals surface area contributed by atoms with Crippen LogP contribution < -0.4 is 10.1 Å². The van der Waals surface area contributed by atoms with Gasteiger partial charge in [0.15, 0.2) is 0 Å². The monoisotopic (exact) mass is 332 g/mol. The number of anilines is 1. The summed E-state index contributed by atoms with van der Waals surface area (Å²) < 4.78 is 11.1. The number of nitrogens with one attached hydrogen (secondary N) is 1. The summed E-state index contributed by atoms with van der Waals surface area (Å²) >= 11 is 0. The van der Waals surface area contributed by atoms with Crippen LogP contribution >= 0.6 is 0 Å². The number of ether oxygens (including phenoxy) is 2. The first-order chi connectivity index (χ1) is 11.4. The molecule has 1 aromatic rings. The van der Waals surface area contributed by atoms with Crippen LogP contribution in [-0.4, -0.2) is 24.7 Å². The van der Waals surface area contributed by atoms with E-state index in [-0.39, 0.29) is 12.0 Å². The van der Waals surface area contributed by atoms with Gasteiger partial charge in [-0.05, 0) is 38.8 Å². The van der Waals surface area contributed by atoms with E-state index in [1.54, 1.807) is 25.1 Å². The van der Waals surface area contributed by atoms with Gasteiger partial charge >= 0.3 is 0 Å². The van der Waals surface area contributed by atoms with Crippen molar-refractivity contribution in [3.63, 3.8) is 0 Å². The maximum Gasteiger partial charge on any atom is 0.256 e. The number of carbonyl (C=O) groups excluding carboxylic acids is 1. The third kappa shape index (κ3) is 5.24. The van der Waals surface area contributed by atoms with Crippen molar-refractivity contribution >= 4 is 11.6 Å². The second kappa shape index (κ2) is 9.29. The first-order valence-electron chi connectivity index (χ1n) is 8.47. The fourth-order valence-corrected chi connectivity index (χ4v) is 2.19. The van der Waals surface area contributed by atoms with Gasteiger partial charge in [-0.3, -0.25) is 4.79 Å². The average molecular weight is 332 g/mol. The summed E-state index contributed by atoms with van der Waals surface area (Å²) in [4.78, 5) is 12.6. The van der Waals surface area contributed by atoms with Crippen molar-refractivity contribution in [3.8, 4) is 11.8 Å². The Balaban J connectivity index is 2.94. The molecular weight excluding hydrogens is 304 g/mol. The molecule has 0 aliphatic rings. The molecule has 0 spiro atoms. The summed E-state index contributed by atoms with van der Waals surface area (Å²) in [6, 6.07) is 7.22. The molecule has 24 heavy (non-hydrogen) atoms. The van der Waals surface area contributed by atoms with Gasteiger partial charge in [-0.25, -0.2) is 0 Å². The molecule has 5 heteroatoms. The number of hydrogen-bond acceptors (Lipinski definition) is 4. The van der Waals surface area contributed by atoms with Gasteiger partial charge in [0, 0.05) is 13.2 Å². The molecule has 5 nitrogen and oxygen atoms in total. The quantitative estimate of drug-likeness (QED) is 0.733. The topological polar surface area (TPSA) is 71.3 Å². The molecule has 0 saturated carbocycles. The van der Waals surface area contributed by atoms with Gasteiger partial charge < -0.3 is 14.8 Å². The molecule has 1 amide bonds. The number of amides is 1. The molecule has 1 rings (SSSR count). The number of nitrogens with zero attached hydrogens (tertiary/aromatic N) is 1. The maximum absolute atomic E-state index is 12.6. The molecule has 0 saturated heterocycles. The fourth-order valence-electron chi connectivity index (χ4n) is 2.19. The van der Waals surface area contributed by atoms with E-state index in [1.165, 1.54) is 7.11 Å². The van der Waals surface area contributed by atoms with Crippen LogP contribution in [-0.2, 0) is 9.53 Å². The van der Waals surface area contributed by atoms with Crippen LogP contribution in [0.5, 0.6) is 5.75 Å². The van der Waals surface area contributed by atoms with E-state index in [0.29, 0.717) is 23.4 Å². The molecule has 0 unspecified atom stereocenters. The Labute approximate surface area is 145 Å². The molecule has 0 aliphatic heterocycles. The minimum atomic E-state index is -0.908. The number of methoxy groups -OCH3 is 1. The highest BCUT2D eigenvalue weighted by molar-refractivity contribution is 5.98. The van der Waals surface area contributed by atoms with Crippen LogP contribution in [0.1, 0.15) is 58.9 Å². The van der Waals surface area contributed by atoms with Crippen LogP contribution in [0, 0.1) is 11.3 Å². The van der Waals surface area contributed by atoms with Crippen molar-refractivity contribution in [2.45, 2.75) is 65.1 Å². The van der Waals surface area contributed by atoms with Gasteiger partial charge in [0.1, 0.15) is 17.4 Å². The van der Waals surface area contributed by atoms with Gasteiger partial charge in [0.2, 0.25) is 0 Å². The lowest BCUT2D eigenvalue weighted by Crippen LogP contribution is -2.42. The van der Waals surface area contributed by atoms with Crippen molar-refractivity contribution < 1.29 is 14.3 Å². The van der Waals surface area contributed by atoms with E-state index in [2.05, 4.69) is 18.3 Å². The molecule has 0 aliphatic carbocycles. The van der Waals surface area contributed by atoms with Crippen molar-refractivity contribution in [3.05, 3.63) is 23.8 Å². The van der Waals surface area contributed by atoms with Gasteiger partial charge in [0.25, 0.3) is 5.91 Å². The Morgan fingerprint density at radius 3 is 2.67 bits per heavy atom. The van der Waals surface area contributed by atoms with E-state index >= 15 is 0 Å². The highest BCUT2D eigenvalue weighted by Gasteiger charge is 2.32. The maximum atomic E-state index is 12.6. The summed E-state index contributed by atoms with van der Waals surface area (Å²) in [7, 11) is 1.53. The van der Waals surface area contributed by atoms with Crippen LogP contribution in [0.25, 0.3) is 0 Å². The van der Waals surface area contributed by atoms with Crippen LogP contribution in [0.2, 0.25) is 0 Å². The fraction of sp³-hybridized carbons (Fsp3) is 0.579. The minimum absolute atomic E-state index is 0.0720. The second-order valence-electron chi connectivity index (χ2n) is 6.15. The van der Waals surface area contributed by atoms with E-state index in [9.17, 15) is 10.1 Å². The standard InChI is InChI=1S/C19H28N2O3/c1-6-8-11-19(4,23-5)18(22)21-17-10-9-16(12-15(17)13-20)24-14(3)7-2/h9-10,12,14H,6-8,11H2,1-5H3,(H,21,22)/t14-,19+/m0/s1. The molecule has 132 valence electrons. The Bertz CT molecular complexity index is 595. The molecule has 0 radical (unpaired) electrons. The van der Waals surface area contributed by atoms with E-state index < -0.39 is 5.60 Å². The molecule has 0 heterocycles. The van der Waals surface area contributed by atoms with E-state index in [0.717, 1.165) is 19.3 Å². The molecule has 1 N–H and O–H groups in total. The number of carbonyl (C=O) groups is 1. The van der Waals surface area contributed by atoms with Gasteiger partial charge in [-0.2, -0.15) is 5.26 Å². The minimum Gasteiger partial charge on any atom is -0.491 e. The molecule has 0 aromatic heterocycles. The summed E-state index contributed by atoms with van der Waals surface area (Å²) in [6.07, 6.45) is 3.46. The molecule has 2 atom stereocenters. The van der Waals surface area contributed by atoms with Gasteiger partial charge in [-0.1, -0.05) is 26.7 Å². The zero-order valence-corrected chi connectivity index (χ0v) is 15.3. The third-order valence-electron chi connectivity index (χ3n) is 4.21. The van der Waals surface area contributed by atoms with E-state index in [1.807, 2.05) is 13.8 Å². The highest BCUT2D eigenvalue weighted by atomic mass is 16.5. The SMILES string of the molecule is CCCC[C@@](C)(OC)C(=O)Nc1ccc(O[C@@H](C)CC)cc1C#N. The lowest BCUT2D eigenvalue weighted by Gasteiger charge is -2.27. The second-order valence-corrected chi connectivity index (χ2v) is 6.15. The number of hydrogen-bond donors (Lipinski definition) is 1. The number of benzene rings is 1. The van der Waals surface area contributed by atoms with Gasteiger partial charge in [-0.15, -0.1) is 0 Å². The Hall–Kier alpha value is -2.06. The van der Waals surface area contributed by atoms with Crippen LogP contribution in [0.15, 0.2) is 18.2 Å². The van der Waals surface area contributed by atoms with Gasteiger partial charge in [0.05, 0.1) is 17.4 Å². The predicted octanol–water partition coefficient (Wildman–Crippen LogP) is 4.27. The number of unbranched alkanes of at least 4 members (excludes halogenated alkanes) is 1. The molecule has 0 bridgehead atoms. The molecule has 1 aromatic carbocycles. The third-order valence-corrected chi connectivity index (χ3v) is 4.21. The summed E-state index contributed by atoms with van der Waals surface area (Å²) in [5.74, 6) is 0.380. The zero-order valence-electron chi connectivity index (χ0n) is 15.3. The summed E-state index contributed by atoms with van der Waals surface area (Å²) in [5.41, 5.74) is -0.0638. The largest absolute Gasteiger partial charge is 0.491 e. The normalized spacial score (nSPS) is 14.3. The summed E-state index contributed by atoms with van der Waals surface area (Å²) in [6.45, 7) is 7.84. The Kier molecular flexibility index (Phi) is 7.73. The lowest BCUT2D eigenvalue weighted by atomic mass is 9.97. The van der Waals surface area contributed by atoms with Crippen molar-refractivity contribution in [2.24, 2.45) is 0 Å². The Morgan fingerprint density at radius 2 is 2.12 bits per heavy atom. The summed E-state index contributed by atoms with van der Waals surface area (Å²) in [5, 5.41) is 12.2. The van der Waals surface area contributed by atoms with E-state index in [4.69, 9.17) is 9.47 Å². The first-order valence-corrected chi connectivity index (χ1v) is 8.47. The van der Waals surface area contributed by atoms with Crippen LogP contribution in [0.4, 0.5) is 5.69 Å². The number of rotatable bonds is 9. The lowest BCUT2D eigenvalue weighted by molar-refractivity contribution is -0.136. The highest BCUT2D eigenvalue weighted by Crippen LogP contribution is 2.26. The molecular formula is C19H28N2O3.